The minimum Gasteiger partial charge on any atom is -0.465 e. The molecule has 2 saturated heterocycles. The highest BCUT2D eigenvalue weighted by Crippen LogP contribution is 2.44. The maximum atomic E-state index is 14.1. The molecule has 0 bridgehead atoms. The van der Waals surface area contributed by atoms with Crippen LogP contribution < -0.4 is 20.9 Å². The number of fused-ring (bicyclic) bond motifs is 2. The highest BCUT2D eigenvalue weighted by molar-refractivity contribution is 6.30. The standard InChI is InChI=1S/C34H37ClN6O6/c35-25-8-11-28-27(21-25)34(47-32(44)38-28)12-15-40(22-34)31(43)29(20-23-4-2-1-3-5-23)37-30(42)24-6-9-26(10-7-24)41(33(45)46)19-18-39-16-13-36-14-17-39/h1-11,21,29,36H,12-20,22H2,(H,37,42)(H,38,44)(H,45,46). The Morgan fingerprint density at radius 3 is 2.49 bits per heavy atom. The number of rotatable bonds is 9. The number of hydrogen-bond acceptors (Lipinski definition) is 7. The Balaban J connectivity index is 1.17. The predicted molar refractivity (Wildman–Crippen MR) is 177 cm³/mol. The molecule has 2 fully saturated rings. The van der Waals surface area contributed by atoms with Crippen molar-refractivity contribution in [3.8, 4) is 0 Å². The van der Waals surface area contributed by atoms with E-state index >= 15 is 0 Å². The molecule has 0 radical (unpaired) electrons. The average Bonchev–Trinajstić information content (AvgIpc) is 3.49. The highest BCUT2D eigenvalue weighted by Gasteiger charge is 2.49. The van der Waals surface area contributed by atoms with Crippen LogP contribution in [0.1, 0.15) is 27.9 Å². The summed E-state index contributed by atoms with van der Waals surface area (Å²) in [6.45, 7) is 4.79. The monoisotopic (exact) mass is 660 g/mol. The molecule has 3 aromatic carbocycles. The fraction of sp³-hybridized carbons (Fsp3) is 0.353. The lowest BCUT2D eigenvalue weighted by Crippen LogP contribution is -2.50. The van der Waals surface area contributed by atoms with E-state index in [-0.39, 0.29) is 18.9 Å². The highest BCUT2D eigenvalue weighted by atomic mass is 35.5. The third kappa shape index (κ3) is 7.35. The minimum absolute atomic E-state index is 0.113. The molecule has 0 aliphatic carbocycles. The van der Waals surface area contributed by atoms with Gasteiger partial charge in [-0.2, -0.15) is 0 Å². The van der Waals surface area contributed by atoms with E-state index in [1.165, 1.54) is 4.90 Å². The number of halogens is 1. The van der Waals surface area contributed by atoms with E-state index in [2.05, 4.69) is 20.9 Å². The first-order chi connectivity index (χ1) is 22.7. The van der Waals surface area contributed by atoms with Gasteiger partial charge in [0.2, 0.25) is 5.91 Å². The van der Waals surface area contributed by atoms with Crippen LogP contribution >= 0.6 is 11.6 Å². The fourth-order valence-corrected chi connectivity index (χ4v) is 6.63. The quantitative estimate of drug-likeness (QED) is 0.272. The van der Waals surface area contributed by atoms with Crippen molar-refractivity contribution < 1.29 is 29.0 Å². The molecule has 13 heteroatoms. The molecule has 1 spiro atoms. The molecular weight excluding hydrogens is 624 g/mol. The second-order valence-corrected chi connectivity index (χ2v) is 12.4. The summed E-state index contributed by atoms with van der Waals surface area (Å²) in [5.74, 6) is -0.772. The van der Waals surface area contributed by atoms with Crippen molar-refractivity contribution in [1.82, 2.24) is 20.4 Å². The van der Waals surface area contributed by atoms with Crippen molar-refractivity contribution >= 4 is 47.0 Å². The number of ether oxygens (including phenoxy) is 1. The molecule has 0 aromatic heterocycles. The maximum absolute atomic E-state index is 14.1. The summed E-state index contributed by atoms with van der Waals surface area (Å²) in [5.41, 5.74) is 1.84. The second kappa shape index (κ2) is 14.0. The fourth-order valence-electron chi connectivity index (χ4n) is 6.46. The van der Waals surface area contributed by atoms with Crippen LogP contribution in [-0.2, 0) is 21.6 Å². The summed E-state index contributed by atoms with van der Waals surface area (Å²) in [6, 6.07) is 20.0. The van der Waals surface area contributed by atoms with Gasteiger partial charge in [-0.3, -0.25) is 24.7 Å². The molecule has 246 valence electrons. The first-order valence-electron chi connectivity index (χ1n) is 15.7. The van der Waals surface area contributed by atoms with Gasteiger partial charge >= 0.3 is 12.2 Å². The summed E-state index contributed by atoms with van der Waals surface area (Å²) >= 11 is 6.29. The summed E-state index contributed by atoms with van der Waals surface area (Å²) in [5, 5.41) is 19.3. The summed E-state index contributed by atoms with van der Waals surface area (Å²) < 4.78 is 5.80. The molecule has 0 saturated carbocycles. The van der Waals surface area contributed by atoms with Gasteiger partial charge in [0.05, 0.1) is 12.2 Å². The number of nitrogens with one attached hydrogen (secondary N) is 3. The zero-order valence-corrected chi connectivity index (χ0v) is 26.5. The molecule has 4 N–H and O–H groups in total. The van der Waals surface area contributed by atoms with Crippen molar-refractivity contribution in [2.24, 2.45) is 0 Å². The Kier molecular flexibility index (Phi) is 9.62. The number of likely N-dealkylation sites (tertiary alicyclic amines) is 1. The lowest BCUT2D eigenvalue weighted by atomic mass is 9.90. The Bertz CT molecular complexity index is 1630. The van der Waals surface area contributed by atoms with Gasteiger partial charge in [0, 0.05) is 80.5 Å². The van der Waals surface area contributed by atoms with E-state index in [1.54, 1.807) is 47.4 Å². The van der Waals surface area contributed by atoms with E-state index in [4.69, 9.17) is 16.3 Å². The maximum Gasteiger partial charge on any atom is 0.412 e. The van der Waals surface area contributed by atoms with Crippen LogP contribution in [0.2, 0.25) is 5.02 Å². The van der Waals surface area contributed by atoms with Gasteiger partial charge in [-0.05, 0) is 48.0 Å². The third-order valence-electron chi connectivity index (χ3n) is 8.95. The largest absolute Gasteiger partial charge is 0.465 e. The summed E-state index contributed by atoms with van der Waals surface area (Å²) in [7, 11) is 0. The Hall–Kier alpha value is -4.65. The number of piperazine rings is 1. The van der Waals surface area contributed by atoms with Crippen molar-refractivity contribution in [2.75, 3.05) is 62.6 Å². The first kappa shape index (κ1) is 32.3. The van der Waals surface area contributed by atoms with Gasteiger partial charge in [-0.15, -0.1) is 0 Å². The number of hydrogen-bond donors (Lipinski definition) is 4. The Morgan fingerprint density at radius 2 is 1.77 bits per heavy atom. The third-order valence-corrected chi connectivity index (χ3v) is 9.18. The topological polar surface area (TPSA) is 144 Å². The van der Waals surface area contributed by atoms with Crippen LogP contribution in [0.15, 0.2) is 72.8 Å². The van der Waals surface area contributed by atoms with Gasteiger partial charge in [-0.25, -0.2) is 9.59 Å². The summed E-state index contributed by atoms with van der Waals surface area (Å²) in [4.78, 5) is 57.2. The van der Waals surface area contributed by atoms with Gasteiger partial charge in [-0.1, -0.05) is 41.9 Å². The Labute approximate surface area is 277 Å². The lowest BCUT2D eigenvalue weighted by Gasteiger charge is -2.35. The van der Waals surface area contributed by atoms with Crippen molar-refractivity contribution in [3.05, 3.63) is 94.5 Å². The zero-order valence-electron chi connectivity index (χ0n) is 25.8. The van der Waals surface area contributed by atoms with E-state index in [0.717, 1.165) is 31.7 Å². The molecule has 4 amide bonds. The van der Waals surface area contributed by atoms with Crippen LogP contribution in [0, 0.1) is 0 Å². The molecule has 12 nitrogen and oxygen atoms in total. The zero-order chi connectivity index (χ0) is 33.0. The van der Waals surface area contributed by atoms with Crippen molar-refractivity contribution in [3.63, 3.8) is 0 Å². The normalized spacial score (nSPS) is 19.8. The number of amides is 4. The van der Waals surface area contributed by atoms with Crippen LogP contribution in [0.25, 0.3) is 0 Å². The van der Waals surface area contributed by atoms with Crippen molar-refractivity contribution in [1.29, 1.82) is 0 Å². The van der Waals surface area contributed by atoms with Crippen LogP contribution in [0.3, 0.4) is 0 Å². The molecule has 2 atom stereocenters. The SMILES string of the molecule is O=C1Nc2ccc(Cl)cc2C2(CCN(C(=O)C(Cc3ccccc3)NC(=O)c3ccc(N(CCN4CCNCC4)C(=O)O)cc3)C2)O1. The van der Waals surface area contributed by atoms with Gasteiger partial charge < -0.3 is 25.4 Å². The number of anilines is 2. The molecule has 3 aliphatic rings. The van der Waals surface area contributed by atoms with E-state index < -0.39 is 29.7 Å². The van der Waals surface area contributed by atoms with E-state index in [1.807, 2.05) is 30.3 Å². The molecule has 6 rings (SSSR count). The smallest absolute Gasteiger partial charge is 0.412 e. The van der Waals surface area contributed by atoms with Crippen LogP contribution in [0.4, 0.5) is 21.0 Å². The molecule has 47 heavy (non-hydrogen) atoms. The van der Waals surface area contributed by atoms with Gasteiger partial charge in [0.25, 0.3) is 5.91 Å². The van der Waals surface area contributed by atoms with Crippen LogP contribution in [0.5, 0.6) is 0 Å². The Morgan fingerprint density at radius 1 is 1.02 bits per heavy atom. The van der Waals surface area contributed by atoms with Gasteiger partial charge in [0.15, 0.2) is 5.60 Å². The number of carbonyl (C=O) groups is 4. The first-order valence-corrected chi connectivity index (χ1v) is 16.1. The molecule has 3 aliphatic heterocycles. The van der Waals surface area contributed by atoms with E-state index in [9.17, 15) is 24.3 Å². The summed E-state index contributed by atoms with van der Waals surface area (Å²) in [6.07, 6.45) is -1.05. The number of benzene rings is 3. The van der Waals surface area contributed by atoms with Crippen molar-refractivity contribution in [2.45, 2.75) is 24.5 Å². The molecule has 3 aromatic rings. The molecular formula is C34H37ClN6O6. The predicted octanol–water partition coefficient (Wildman–Crippen LogP) is 3.76. The number of carbonyl (C=O) groups excluding carboxylic acids is 3. The average molecular weight is 661 g/mol. The van der Waals surface area contributed by atoms with E-state index in [0.29, 0.717) is 53.6 Å². The van der Waals surface area contributed by atoms with Crippen LogP contribution in [-0.4, -0.2) is 97.3 Å². The molecule has 3 heterocycles. The molecule has 2 unspecified atom stereocenters. The second-order valence-electron chi connectivity index (χ2n) is 12.0. The lowest BCUT2D eigenvalue weighted by molar-refractivity contribution is -0.133. The number of carboxylic acid groups (broad SMARTS) is 1. The number of nitrogens with zero attached hydrogens (tertiary/aromatic N) is 3. The minimum atomic E-state index is -1.07. The van der Waals surface area contributed by atoms with Gasteiger partial charge in [0.1, 0.15) is 6.04 Å².